The minimum absolute atomic E-state index is 0.238. The van der Waals surface area contributed by atoms with Gasteiger partial charge in [-0.15, -0.1) is 11.3 Å². The summed E-state index contributed by atoms with van der Waals surface area (Å²) in [6, 6.07) is 14.4. The molecule has 0 fully saturated rings. The van der Waals surface area contributed by atoms with Gasteiger partial charge in [-0.2, -0.15) is 0 Å². The molecule has 0 saturated carbocycles. The molecule has 2 nitrogen and oxygen atoms in total. The van der Waals surface area contributed by atoms with Gasteiger partial charge >= 0.3 is 0 Å². The molecule has 20 heavy (non-hydrogen) atoms. The number of nitrogens with zero attached hydrogens (tertiary/aromatic N) is 1. The standard InChI is InChI=1S/C16H13FN2S/c17-13-7-5-11(6-8-13)15-10-20-16(19-15)14-4-2-1-3-12(14)9-18/h1-8,10H,9,18H2. The average molecular weight is 284 g/mol. The van der Waals surface area contributed by atoms with Gasteiger partial charge in [0.25, 0.3) is 0 Å². The fourth-order valence-electron chi connectivity index (χ4n) is 2.06. The summed E-state index contributed by atoms with van der Waals surface area (Å²) in [6.07, 6.45) is 0. The Bertz CT molecular complexity index is 719. The van der Waals surface area contributed by atoms with Crippen LogP contribution in [0.1, 0.15) is 5.56 Å². The lowest BCUT2D eigenvalue weighted by Crippen LogP contribution is -1.98. The highest BCUT2D eigenvalue weighted by Crippen LogP contribution is 2.30. The van der Waals surface area contributed by atoms with Crippen molar-refractivity contribution in [2.24, 2.45) is 5.73 Å². The van der Waals surface area contributed by atoms with E-state index in [1.54, 1.807) is 23.5 Å². The molecule has 0 radical (unpaired) electrons. The fourth-order valence-corrected chi connectivity index (χ4v) is 2.95. The first kappa shape index (κ1) is 13.0. The molecule has 2 aromatic carbocycles. The zero-order valence-corrected chi connectivity index (χ0v) is 11.5. The third-order valence-electron chi connectivity index (χ3n) is 3.11. The highest BCUT2D eigenvalue weighted by molar-refractivity contribution is 7.13. The molecule has 2 N–H and O–H groups in total. The average Bonchev–Trinajstić information content (AvgIpc) is 2.97. The monoisotopic (exact) mass is 284 g/mol. The van der Waals surface area contributed by atoms with Gasteiger partial charge in [0.05, 0.1) is 5.69 Å². The van der Waals surface area contributed by atoms with E-state index in [0.717, 1.165) is 27.4 Å². The first-order chi connectivity index (χ1) is 9.78. The molecular weight excluding hydrogens is 271 g/mol. The van der Waals surface area contributed by atoms with Gasteiger partial charge in [-0.1, -0.05) is 24.3 Å². The van der Waals surface area contributed by atoms with Crippen molar-refractivity contribution < 1.29 is 4.39 Å². The van der Waals surface area contributed by atoms with Crippen molar-refractivity contribution in [3.8, 4) is 21.8 Å². The molecule has 4 heteroatoms. The summed E-state index contributed by atoms with van der Waals surface area (Å²) in [7, 11) is 0. The quantitative estimate of drug-likeness (QED) is 0.787. The van der Waals surface area contributed by atoms with Crippen LogP contribution in [0, 0.1) is 5.82 Å². The van der Waals surface area contributed by atoms with Gasteiger partial charge in [0.2, 0.25) is 0 Å². The first-order valence-electron chi connectivity index (χ1n) is 6.28. The van der Waals surface area contributed by atoms with E-state index in [4.69, 9.17) is 5.73 Å². The molecule has 1 aromatic heterocycles. The highest BCUT2D eigenvalue weighted by atomic mass is 32.1. The van der Waals surface area contributed by atoms with Gasteiger partial charge in [0, 0.05) is 23.1 Å². The van der Waals surface area contributed by atoms with Gasteiger partial charge in [0.15, 0.2) is 0 Å². The van der Waals surface area contributed by atoms with Crippen molar-refractivity contribution in [1.29, 1.82) is 0 Å². The normalized spacial score (nSPS) is 10.7. The van der Waals surface area contributed by atoms with E-state index >= 15 is 0 Å². The Morgan fingerprint density at radius 1 is 1.05 bits per heavy atom. The first-order valence-corrected chi connectivity index (χ1v) is 7.15. The number of benzene rings is 2. The molecule has 0 aliphatic carbocycles. The van der Waals surface area contributed by atoms with Gasteiger partial charge in [0.1, 0.15) is 10.8 Å². The van der Waals surface area contributed by atoms with E-state index in [1.807, 2.05) is 29.6 Å². The number of halogens is 1. The molecule has 0 saturated heterocycles. The number of hydrogen-bond acceptors (Lipinski definition) is 3. The van der Waals surface area contributed by atoms with E-state index in [0.29, 0.717) is 6.54 Å². The minimum atomic E-state index is -0.238. The van der Waals surface area contributed by atoms with Gasteiger partial charge in [-0.3, -0.25) is 0 Å². The van der Waals surface area contributed by atoms with E-state index in [-0.39, 0.29) is 5.82 Å². The summed E-state index contributed by atoms with van der Waals surface area (Å²) in [5.41, 5.74) is 9.67. The molecule has 0 unspecified atom stereocenters. The molecular formula is C16H13FN2S. The molecule has 0 spiro atoms. The Kier molecular flexibility index (Phi) is 3.58. The van der Waals surface area contributed by atoms with E-state index in [9.17, 15) is 4.39 Å². The zero-order chi connectivity index (χ0) is 13.9. The van der Waals surface area contributed by atoms with Crippen molar-refractivity contribution in [2.45, 2.75) is 6.54 Å². The Morgan fingerprint density at radius 2 is 1.80 bits per heavy atom. The zero-order valence-electron chi connectivity index (χ0n) is 10.7. The molecule has 0 amide bonds. The fraction of sp³-hybridized carbons (Fsp3) is 0.0625. The predicted octanol–water partition coefficient (Wildman–Crippen LogP) is 4.07. The van der Waals surface area contributed by atoms with Crippen LogP contribution in [-0.2, 0) is 6.54 Å². The maximum Gasteiger partial charge on any atom is 0.124 e. The maximum absolute atomic E-state index is 12.9. The van der Waals surface area contributed by atoms with E-state index < -0.39 is 0 Å². The van der Waals surface area contributed by atoms with Crippen LogP contribution in [0.25, 0.3) is 21.8 Å². The summed E-state index contributed by atoms with van der Waals surface area (Å²) < 4.78 is 12.9. The largest absolute Gasteiger partial charge is 0.326 e. The summed E-state index contributed by atoms with van der Waals surface area (Å²) in [5, 5.41) is 2.92. The summed E-state index contributed by atoms with van der Waals surface area (Å²) in [6.45, 7) is 0.488. The van der Waals surface area contributed by atoms with Crippen LogP contribution in [0.15, 0.2) is 53.9 Å². The van der Waals surface area contributed by atoms with E-state index in [2.05, 4.69) is 4.98 Å². The number of aromatic nitrogens is 1. The van der Waals surface area contributed by atoms with Crippen LogP contribution in [0.5, 0.6) is 0 Å². The number of hydrogen-bond donors (Lipinski definition) is 1. The van der Waals surface area contributed by atoms with Crippen LogP contribution >= 0.6 is 11.3 Å². The lowest BCUT2D eigenvalue weighted by molar-refractivity contribution is 0.628. The summed E-state index contributed by atoms with van der Waals surface area (Å²) in [4.78, 5) is 4.63. The molecule has 0 aliphatic rings. The van der Waals surface area contributed by atoms with E-state index in [1.165, 1.54) is 12.1 Å². The Morgan fingerprint density at radius 3 is 2.55 bits per heavy atom. The Balaban J connectivity index is 2.00. The third-order valence-corrected chi connectivity index (χ3v) is 3.99. The Hall–Kier alpha value is -2.04. The SMILES string of the molecule is NCc1ccccc1-c1nc(-c2ccc(F)cc2)cs1. The van der Waals surface area contributed by atoms with Crippen molar-refractivity contribution in [2.75, 3.05) is 0 Å². The second-order valence-electron chi connectivity index (χ2n) is 4.41. The number of nitrogens with two attached hydrogens (primary N) is 1. The van der Waals surface area contributed by atoms with Crippen molar-refractivity contribution in [3.05, 3.63) is 65.3 Å². The number of rotatable bonds is 3. The minimum Gasteiger partial charge on any atom is -0.326 e. The molecule has 0 bridgehead atoms. The van der Waals surface area contributed by atoms with Crippen LogP contribution < -0.4 is 5.73 Å². The second-order valence-corrected chi connectivity index (χ2v) is 5.26. The van der Waals surface area contributed by atoms with Gasteiger partial charge in [-0.25, -0.2) is 9.37 Å². The topological polar surface area (TPSA) is 38.9 Å². The molecule has 100 valence electrons. The molecule has 3 aromatic rings. The van der Waals surface area contributed by atoms with Crippen LogP contribution in [-0.4, -0.2) is 4.98 Å². The lowest BCUT2D eigenvalue weighted by Gasteiger charge is -2.03. The second kappa shape index (κ2) is 5.53. The van der Waals surface area contributed by atoms with Crippen LogP contribution in [0.3, 0.4) is 0 Å². The Labute approximate surface area is 120 Å². The third kappa shape index (κ3) is 2.48. The highest BCUT2D eigenvalue weighted by Gasteiger charge is 2.09. The predicted molar refractivity (Wildman–Crippen MR) is 80.8 cm³/mol. The molecule has 3 rings (SSSR count). The molecule has 0 atom stereocenters. The summed E-state index contributed by atoms with van der Waals surface area (Å²) in [5.74, 6) is -0.238. The maximum atomic E-state index is 12.9. The van der Waals surface area contributed by atoms with Gasteiger partial charge < -0.3 is 5.73 Å². The van der Waals surface area contributed by atoms with Gasteiger partial charge in [-0.05, 0) is 29.8 Å². The van der Waals surface area contributed by atoms with Crippen molar-refractivity contribution >= 4 is 11.3 Å². The molecule has 0 aliphatic heterocycles. The van der Waals surface area contributed by atoms with Crippen LogP contribution in [0.4, 0.5) is 4.39 Å². The van der Waals surface area contributed by atoms with Crippen LogP contribution in [0.2, 0.25) is 0 Å². The lowest BCUT2D eigenvalue weighted by atomic mass is 10.1. The smallest absolute Gasteiger partial charge is 0.124 e. The number of thiazole rings is 1. The van der Waals surface area contributed by atoms with Crippen molar-refractivity contribution in [1.82, 2.24) is 4.98 Å². The molecule has 1 heterocycles. The van der Waals surface area contributed by atoms with Crippen molar-refractivity contribution in [3.63, 3.8) is 0 Å². The summed E-state index contributed by atoms with van der Waals surface area (Å²) >= 11 is 1.57.